The molecule has 0 aliphatic carbocycles. The van der Waals surface area contributed by atoms with Crippen molar-refractivity contribution in [3.63, 3.8) is 0 Å². The number of hydrogen-bond donors (Lipinski definition) is 1. The minimum absolute atomic E-state index is 0.155. The SMILES string of the molecule is CCCc1ccc(C(=O)CN2CCCC2CO)cc1. The molecule has 1 aromatic rings. The number of carbonyl (C=O) groups excluding carboxylic acids is 1. The van der Waals surface area contributed by atoms with Gasteiger partial charge in [0, 0.05) is 11.6 Å². The van der Waals surface area contributed by atoms with Crippen molar-refractivity contribution in [3.8, 4) is 0 Å². The van der Waals surface area contributed by atoms with Crippen LogP contribution in [0.25, 0.3) is 0 Å². The van der Waals surface area contributed by atoms with Gasteiger partial charge in [0.1, 0.15) is 0 Å². The lowest BCUT2D eigenvalue weighted by Gasteiger charge is -2.21. The Morgan fingerprint density at radius 1 is 1.37 bits per heavy atom. The number of carbonyl (C=O) groups is 1. The van der Waals surface area contributed by atoms with Crippen LogP contribution in [0.15, 0.2) is 24.3 Å². The highest BCUT2D eigenvalue weighted by Gasteiger charge is 2.25. The monoisotopic (exact) mass is 261 g/mol. The molecule has 104 valence electrons. The van der Waals surface area contributed by atoms with E-state index < -0.39 is 0 Å². The van der Waals surface area contributed by atoms with E-state index in [0.717, 1.165) is 37.8 Å². The number of aliphatic hydroxyl groups excluding tert-OH is 1. The number of nitrogens with zero attached hydrogens (tertiary/aromatic N) is 1. The predicted octanol–water partition coefficient (Wildman–Crippen LogP) is 2.28. The van der Waals surface area contributed by atoms with Crippen molar-refractivity contribution in [2.45, 2.75) is 38.6 Å². The fourth-order valence-corrected chi connectivity index (χ4v) is 2.73. The van der Waals surface area contributed by atoms with Crippen molar-refractivity contribution in [1.29, 1.82) is 0 Å². The van der Waals surface area contributed by atoms with Crippen molar-refractivity contribution < 1.29 is 9.90 Å². The Labute approximate surface area is 115 Å². The van der Waals surface area contributed by atoms with Gasteiger partial charge in [-0.05, 0) is 31.4 Å². The van der Waals surface area contributed by atoms with Gasteiger partial charge in [-0.1, -0.05) is 37.6 Å². The summed E-state index contributed by atoms with van der Waals surface area (Å²) >= 11 is 0. The quantitative estimate of drug-likeness (QED) is 0.799. The number of ketones is 1. The third-order valence-corrected chi connectivity index (χ3v) is 3.87. The van der Waals surface area contributed by atoms with Crippen LogP contribution in [0, 0.1) is 0 Å². The fraction of sp³-hybridized carbons (Fsp3) is 0.562. The lowest BCUT2D eigenvalue weighted by Crippen LogP contribution is -2.36. The van der Waals surface area contributed by atoms with E-state index in [1.54, 1.807) is 0 Å². The van der Waals surface area contributed by atoms with Crippen molar-refractivity contribution in [2.24, 2.45) is 0 Å². The number of likely N-dealkylation sites (tertiary alicyclic amines) is 1. The van der Waals surface area contributed by atoms with E-state index in [0.29, 0.717) is 6.54 Å². The summed E-state index contributed by atoms with van der Waals surface area (Å²) in [5.74, 6) is 0.156. The number of benzene rings is 1. The van der Waals surface area contributed by atoms with E-state index in [-0.39, 0.29) is 18.4 Å². The molecule has 1 atom stereocenters. The highest BCUT2D eigenvalue weighted by atomic mass is 16.3. The minimum atomic E-state index is 0.155. The van der Waals surface area contributed by atoms with Crippen LogP contribution in [0.4, 0.5) is 0 Å². The van der Waals surface area contributed by atoms with Crippen molar-refractivity contribution >= 4 is 5.78 Å². The first-order chi connectivity index (χ1) is 9.24. The summed E-state index contributed by atoms with van der Waals surface area (Å²) in [6, 6.07) is 8.12. The van der Waals surface area contributed by atoms with Crippen LogP contribution in [0.1, 0.15) is 42.1 Å². The summed E-state index contributed by atoms with van der Waals surface area (Å²) in [5.41, 5.74) is 2.07. The topological polar surface area (TPSA) is 40.5 Å². The Kier molecular flexibility index (Phi) is 5.11. The lowest BCUT2D eigenvalue weighted by molar-refractivity contribution is 0.0888. The Balaban J connectivity index is 1.95. The summed E-state index contributed by atoms with van der Waals surface area (Å²) in [7, 11) is 0. The smallest absolute Gasteiger partial charge is 0.176 e. The zero-order valence-electron chi connectivity index (χ0n) is 11.6. The van der Waals surface area contributed by atoms with E-state index in [1.807, 2.05) is 24.3 Å². The van der Waals surface area contributed by atoms with E-state index in [1.165, 1.54) is 5.56 Å². The minimum Gasteiger partial charge on any atom is -0.395 e. The summed E-state index contributed by atoms with van der Waals surface area (Å²) in [6.45, 7) is 3.66. The van der Waals surface area contributed by atoms with Gasteiger partial charge in [0.05, 0.1) is 13.2 Å². The molecule has 0 bridgehead atoms. The summed E-state index contributed by atoms with van der Waals surface area (Å²) in [5, 5.41) is 9.26. The first kappa shape index (κ1) is 14.2. The van der Waals surface area contributed by atoms with Crippen molar-refractivity contribution in [1.82, 2.24) is 4.90 Å². The molecule has 2 rings (SSSR count). The molecule has 1 N–H and O–H groups in total. The second-order valence-corrected chi connectivity index (χ2v) is 5.32. The molecule has 1 fully saturated rings. The molecule has 19 heavy (non-hydrogen) atoms. The summed E-state index contributed by atoms with van der Waals surface area (Å²) in [4.78, 5) is 14.3. The molecule has 0 spiro atoms. The van der Waals surface area contributed by atoms with Gasteiger partial charge in [0.25, 0.3) is 0 Å². The van der Waals surface area contributed by atoms with Crippen LogP contribution >= 0.6 is 0 Å². The molecule has 0 amide bonds. The maximum Gasteiger partial charge on any atom is 0.176 e. The molecule has 1 aliphatic heterocycles. The number of aliphatic hydroxyl groups is 1. The Morgan fingerprint density at radius 2 is 2.11 bits per heavy atom. The molecule has 1 saturated heterocycles. The normalized spacial score (nSPS) is 19.8. The molecule has 1 unspecified atom stereocenters. The second kappa shape index (κ2) is 6.83. The number of rotatable bonds is 6. The molecular weight excluding hydrogens is 238 g/mol. The van der Waals surface area contributed by atoms with Crippen molar-refractivity contribution in [2.75, 3.05) is 19.7 Å². The molecular formula is C16H23NO2. The van der Waals surface area contributed by atoms with Crippen LogP contribution in [-0.4, -0.2) is 41.5 Å². The Hall–Kier alpha value is -1.19. The first-order valence-corrected chi connectivity index (χ1v) is 7.21. The molecule has 3 nitrogen and oxygen atoms in total. The van der Waals surface area contributed by atoms with Gasteiger partial charge in [0.2, 0.25) is 0 Å². The average Bonchev–Trinajstić information content (AvgIpc) is 2.87. The molecule has 0 radical (unpaired) electrons. The molecule has 3 heteroatoms. The van der Waals surface area contributed by atoms with Gasteiger partial charge in [-0.2, -0.15) is 0 Å². The summed E-state index contributed by atoms with van der Waals surface area (Å²) in [6.07, 6.45) is 4.26. The fourth-order valence-electron chi connectivity index (χ4n) is 2.73. The van der Waals surface area contributed by atoms with Crippen LogP contribution in [0.2, 0.25) is 0 Å². The summed E-state index contributed by atoms with van der Waals surface area (Å²) < 4.78 is 0. The van der Waals surface area contributed by atoms with E-state index in [4.69, 9.17) is 0 Å². The van der Waals surface area contributed by atoms with Gasteiger partial charge in [0.15, 0.2) is 5.78 Å². The van der Waals surface area contributed by atoms with Gasteiger partial charge < -0.3 is 5.11 Å². The highest BCUT2D eigenvalue weighted by Crippen LogP contribution is 2.17. The maximum absolute atomic E-state index is 12.2. The average molecular weight is 261 g/mol. The zero-order valence-corrected chi connectivity index (χ0v) is 11.6. The largest absolute Gasteiger partial charge is 0.395 e. The van der Waals surface area contributed by atoms with Crippen LogP contribution in [0.3, 0.4) is 0 Å². The predicted molar refractivity (Wildman–Crippen MR) is 76.4 cm³/mol. The molecule has 0 aromatic heterocycles. The van der Waals surface area contributed by atoms with Gasteiger partial charge >= 0.3 is 0 Å². The van der Waals surface area contributed by atoms with Crippen LogP contribution in [0.5, 0.6) is 0 Å². The number of Topliss-reactive ketones (excluding diaryl/α,β-unsaturated/α-hetero) is 1. The van der Waals surface area contributed by atoms with Gasteiger partial charge in [-0.3, -0.25) is 9.69 Å². The second-order valence-electron chi connectivity index (χ2n) is 5.32. The molecule has 1 heterocycles. The maximum atomic E-state index is 12.2. The van der Waals surface area contributed by atoms with E-state index in [2.05, 4.69) is 11.8 Å². The van der Waals surface area contributed by atoms with Crippen LogP contribution < -0.4 is 0 Å². The third kappa shape index (κ3) is 3.64. The number of aryl methyl sites for hydroxylation is 1. The van der Waals surface area contributed by atoms with Gasteiger partial charge in [-0.15, -0.1) is 0 Å². The van der Waals surface area contributed by atoms with E-state index >= 15 is 0 Å². The molecule has 1 aromatic carbocycles. The van der Waals surface area contributed by atoms with E-state index in [9.17, 15) is 9.90 Å². The third-order valence-electron chi connectivity index (χ3n) is 3.87. The number of hydrogen-bond acceptors (Lipinski definition) is 3. The molecule has 0 saturated carbocycles. The first-order valence-electron chi connectivity index (χ1n) is 7.21. The highest BCUT2D eigenvalue weighted by molar-refractivity contribution is 5.97. The lowest BCUT2D eigenvalue weighted by atomic mass is 10.0. The Bertz CT molecular complexity index is 413. The van der Waals surface area contributed by atoms with Crippen LogP contribution in [-0.2, 0) is 6.42 Å². The van der Waals surface area contributed by atoms with Gasteiger partial charge in [-0.25, -0.2) is 0 Å². The molecule has 1 aliphatic rings. The Morgan fingerprint density at radius 3 is 2.74 bits per heavy atom. The standard InChI is InChI=1S/C16H23NO2/c1-2-4-13-6-8-14(9-7-13)16(19)11-17-10-3-5-15(17)12-18/h6-9,15,18H,2-5,10-12H2,1H3. The van der Waals surface area contributed by atoms with Crippen molar-refractivity contribution in [3.05, 3.63) is 35.4 Å². The zero-order chi connectivity index (χ0) is 13.7.